The maximum Gasteiger partial charge on any atom is 0.0763 e. The Morgan fingerprint density at radius 2 is 1.00 bits per heavy atom. The molecule has 3 aromatic carbocycles. The van der Waals surface area contributed by atoms with Crippen molar-refractivity contribution >= 4 is 11.4 Å². The summed E-state index contributed by atoms with van der Waals surface area (Å²) in [5.74, 6) is 0. The van der Waals surface area contributed by atoms with Gasteiger partial charge in [0.25, 0.3) is 0 Å². The van der Waals surface area contributed by atoms with Gasteiger partial charge >= 0.3 is 0 Å². The molecule has 134 valence electrons. The fourth-order valence-corrected chi connectivity index (χ4v) is 3.32. The average Bonchev–Trinajstić information content (AvgIpc) is 3.18. The van der Waals surface area contributed by atoms with Gasteiger partial charge < -0.3 is 0 Å². The summed E-state index contributed by atoms with van der Waals surface area (Å²) < 4.78 is 0. The van der Waals surface area contributed by atoms with Gasteiger partial charge in [-0.15, -0.1) is 0 Å². The quantitative estimate of drug-likeness (QED) is 0.532. The second-order valence-corrected chi connectivity index (χ2v) is 8.04. The highest BCUT2D eigenvalue weighted by atomic mass is 15.2. The van der Waals surface area contributed by atoms with Gasteiger partial charge in [-0.25, -0.2) is 0 Å². The molecular formula is C25H24N2. The third-order valence-corrected chi connectivity index (χ3v) is 5.04. The number of benzene rings is 3. The van der Waals surface area contributed by atoms with E-state index in [-0.39, 0.29) is 5.41 Å². The number of nitrogens with zero attached hydrogens (tertiary/aromatic N) is 2. The van der Waals surface area contributed by atoms with Gasteiger partial charge in [0.1, 0.15) is 0 Å². The van der Waals surface area contributed by atoms with E-state index in [9.17, 15) is 0 Å². The topological polar surface area (TPSA) is 24.7 Å². The van der Waals surface area contributed by atoms with Gasteiger partial charge in [-0.3, -0.25) is 0 Å². The molecule has 0 atom stereocenters. The molecule has 2 nitrogen and oxygen atoms in total. The van der Waals surface area contributed by atoms with Crippen LogP contribution in [0.2, 0.25) is 0 Å². The zero-order chi connectivity index (χ0) is 18.9. The molecule has 0 saturated heterocycles. The van der Waals surface area contributed by atoms with E-state index < -0.39 is 0 Å². The Hall–Kier alpha value is -3.00. The van der Waals surface area contributed by atoms with Gasteiger partial charge in [0.2, 0.25) is 0 Å². The highest BCUT2D eigenvalue weighted by Gasteiger charge is 2.18. The molecule has 0 aromatic heterocycles. The lowest BCUT2D eigenvalue weighted by atomic mass is 9.86. The third-order valence-electron chi connectivity index (χ3n) is 5.04. The van der Waals surface area contributed by atoms with Crippen LogP contribution in [0.3, 0.4) is 0 Å². The molecule has 0 fully saturated rings. The Balaban J connectivity index is 1.47. The first kappa shape index (κ1) is 17.4. The highest BCUT2D eigenvalue weighted by Crippen LogP contribution is 2.25. The minimum atomic E-state index is 0.165. The Labute approximate surface area is 161 Å². The van der Waals surface area contributed by atoms with Crippen molar-refractivity contribution in [3.8, 4) is 11.1 Å². The van der Waals surface area contributed by atoms with Crippen LogP contribution in [0.25, 0.3) is 11.1 Å². The van der Waals surface area contributed by atoms with E-state index in [0.29, 0.717) is 0 Å². The number of hydrogen-bond acceptors (Lipinski definition) is 2. The van der Waals surface area contributed by atoms with Crippen molar-refractivity contribution in [2.45, 2.75) is 32.6 Å². The van der Waals surface area contributed by atoms with Gasteiger partial charge in [0.15, 0.2) is 0 Å². The number of hydrogen-bond donors (Lipinski definition) is 0. The molecule has 0 saturated carbocycles. The summed E-state index contributed by atoms with van der Waals surface area (Å²) in [7, 11) is 0. The summed E-state index contributed by atoms with van der Waals surface area (Å²) in [4.78, 5) is 0. The minimum Gasteiger partial charge on any atom is -0.154 e. The summed E-state index contributed by atoms with van der Waals surface area (Å²) >= 11 is 0. The van der Waals surface area contributed by atoms with E-state index in [0.717, 1.165) is 29.0 Å². The largest absolute Gasteiger partial charge is 0.154 e. The molecule has 0 bridgehead atoms. The first-order valence-corrected chi connectivity index (χ1v) is 9.41. The molecule has 27 heavy (non-hydrogen) atoms. The fraction of sp³-hybridized carbons (Fsp3) is 0.200. The fourth-order valence-electron chi connectivity index (χ4n) is 3.32. The summed E-state index contributed by atoms with van der Waals surface area (Å²) in [5.41, 5.74) is 8.31. The number of rotatable bonds is 3. The van der Waals surface area contributed by atoms with E-state index in [1.54, 1.807) is 0 Å². The molecule has 4 rings (SSSR count). The van der Waals surface area contributed by atoms with Crippen LogP contribution in [0, 0.1) is 0 Å². The van der Waals surface area contributed by atoms with Crippen LogP contribution >= 0.6 is 0 Å². The van der Waals surface area contributed by atoms with E-state index in [1.165, 1.54) is 16.7 Å². The Kier molecular flexibility index (Phi) is 4.49. The third kappa shape index (κ3) is 3.75. The maximum absolute atomic E-state index is 4.44. The summed E-state index contributed by atoms with van der Waals surface area (Å²) in [6.45, 7) is 6.69. The Morgan fingerprint density at radius 3 is 1.52 bits per heavy atom. The predicted molar refractivity (Wildman–Crippen MR) is 115 cm³/mol. The normalized spacial score (nSPS) is 14.0. The molecule has 0 unspecified atom stereocenters. The van der Waals surface area contributed by atoms with E-state index in [1.807, 2.05) is 6.07 Å². The monoisotopic (exact) mass is 352 g/mol. The maximum atomic E-state index is 4.44. The molecule has 0 aliphatic carbocycles. The van der Waals surface area contributed by atoms with Crippen molar-refractivity contribution in [2.75, 3.05) is 0 Å². The lowest BCUT2D eigenvalue weighted by molar-refractivity contribution is 0.590. The molecule has 3 aromatic rings. The van der Waals surface area contributed by atoms with E-state index in [2.05, 4.69) is 104 Å². The Morgan fingerprint density at radius 1 is 0.556 bits per heavy atom. The highest BCUT2D eigenvalue weighted by molar-refractivity contribution is 6.20. The first-order valence-electron chi connectivity index (χ1n) is 9.41. The van der Waals surface area contributed by atoms with Gasteiger partial charge in [-0.05, 0) is 33.2 Å². The SMILES string of the molecule is CC(C)(C)c1ccc(C2=NN=C(c3ccc(-c4ccccc4)cc3)C2)cc1. The van der Waals surface area contributed by atoms with Crippen molar-refractivity contribution in [2.24, 2.45) is 10.2 Å². The molecule has 0 amide bonds. The lowest BCUT2D eigenvalue weighted by Crippen LogP contribution is -2.11. The van der Waals surface area contributed by atoms with Crippen LogP contribution in [-0.2, 0) is 5.41 Å². The van der Waals surface area contributed by atoms with Crippen molar-refractivity contribution in [1.29, 1.82) is 0 Å². The summed E-state index contributed by atoms with van der Waals surface area (Å²) in [6, 6.07) is 27.7. The second kappa shape index (κ2) is 6.96. The van der Waals surface area contributed by atoms with Gasteiger partial charge in [-0.2, -0.15) is 10.2 Å². The average molecular weight is 352 g/mol. The smallest absolute Gasteiger partial charge is 0.0763 e. The molecule has 0 radical (unpaired) electrons. The van der Waals surface area contributed by atoms with Gasteiger partial charge in [0.05, 0.1) is 11.4 Å². The van der Waals surface area contributed by atoms with Crippen molar-refractivity contribution in [3.05, 3.63) is 95.6 Å². The lowest BCUT2D eigenvalue weighted by Gasteiger charge is -2.19. The molecule has 0 spiro atoms. The molecule has 1 aliphatic heterocycles. The summed E-state index contributed by atoms with van der Waals surface area (Å²) in [6.07, 6.45) is 0.777. The van der Waals surface area contributed by atoms with Crippen LogP contribution in [0.5, 0.6) is 0 Å². The van der Waals surface area contributed by atoms with Crippen LogP contribution in [-0.4, -0.2) is 11.4 Å². The molecular weight excluding hydrogens is 328 g/mol. The van der Waals surface area contributed by atoms with Crippen LogP contribution < -0.4 is 0 Å². The second-order valence-electron chi connectivity index (χ2n) is 8.04. The zero-order valence-electron chi connectivity index (χ0n) is 16.1. The van der Waals surface area contributed by atoms with Crippen LogP contribution in [0.4, 0.5) is 0 Å². The van der Waals surface area contributed by atoms with Crippen molar-refractivity contribution in [1.82, 2.24) is 0 Å². The zero-order valence-corrected chi connectivity index (χ0v) is 16.1. The molecule has 1 aliphatic rings. The van der Waals surface area contributed by atoms with Crippen LogP contribution in [0.15, 0.2) is 89.1 Å². The predicted octanol–water partition coefficient (Wildman–Crippen LogP) is 6.25. The standard InChI is InChI=1S/C25H24N2/c1-25(2,3)22-15-13-21(14-16-22)24-17-23(26-27-24)20-11-9-19(10-12-20)18-7-5-4-6-8-18/h4-16H,17H2,1-3H3. The first-order chi connectivity index (χ1) is 13.0. The van der Waals surface area contributed by atoms with Gasteiger partial charge in [-0.1, -0.05) is 99.6 Å². The molecule has 1 heterocycles. The molecule has 0 N–H and O–H groups in total. The summed E-state index contributed by atoms with van der Waals surface area (Å²) in [5, 5.41) is 8.88. The van der Waals surface area contributed by atoms with E-state index in [4.69, 9.17) is 0 Å². The van der Waals surface area contributed by atoms with Gasteiger partial charge in [0, 0.05) is 6.42 Å². The van der Waals surface area contributed by atoms with Crippen molar-refractivity contribution in [3.63, 3.8) is 0 Å². The van der Waals surface area contributed by atoms with E-state index >= 15 is 0 Å². The molecule has 2 heteroatoms. The van der Waals surface area contributed by atoms with Crippen LogP contribution in [0.1, 0.15) is 43.9 Å². The minimum absolute atomic E-state index is 0.165. The Bertz CT molecular complexity index is 987. The van der Waals surface area contributed by atoms with Crippen molar-refractivity contribution < 1.29 is 0 Å².